The third-order valence-corrected chi connectivity index (χ3v) is 4.15. The Morgan fingerprint density at radius 2 is 1.92 bits per heavy atom. The Hall–Kier alpha value is -0.530. The molecule has 66 valence electrons. The van der Waals surface area contributed by atoms with E-state index in [0.29, 0.717) is 5.92 Å². The first-order valence-electron chi connectivity index (χ1n) is 5.07. The highest BCUT2D eigenvalue weighted by atomic mass is 16.4. The van der Waals surface area contributed by atoms with Crippen molar-refractivity contribution >= 4 is 5.71 Å². The molecule has 3 rings (SSSR count). The Kier molecular flexibility index (Phi) is 1.29. The van der Waals surface area contributed by atoms with Gasteiger partial charge in [-0.2, -0.15) is 0 Å². The zero-order valence-electron chi connectivity index (χ0n) is 7.24. The third-order valence-electron chi connectivity index (χ3n) is 4.15. The first kappa shape index (κ1) is 6.93. The van der Waals surface area contributed by atoms with E-state index in [1.54, 1.807) is 0 Å². The quantitative estimate of drug-likeness (QED) is 0.433. The molecule has 3 aliphatic rings. The predicted molar refractivity (Wildman–Crippen MR) is 46.3 cm³/mol. The summed E-state index contributed by atoms with van der Waals surface area (Å²) in [5, 5.41) is 12.3. The highest BCUT2D eigenvalue weighted by Crippen LogP contribution is 2.53. The average molecular weight is 165 g/mol. The standard InChI is InChI=1S/C10H15NO/c12-11-10-5-7-1-6-2-8(3-7)9(10)4-6/h6-9,12H,1-5H2/b11-10-/t6-,7+,8+,9+/m0/s1. The molecule has 12 heavy (non-hydrogen) atoms. The zero-order chi connectivity index (χ0) is 8.13. The summed E-state index contributed by atoms with van der Waals surface area (Å²) in [4.78, 5) is 0. The minimum atomic E-state index is 0.666. The number of hydrogen-bond donors (Lipinski definition) is 1. The molecule has 0 saturated heterocycles. The summed E-state index contributed by atoms with van der Waals surface area (Å²) in [6.07, 6.45) is 6.65. The van der Waals surface area contributed by atoms with Gasteiger partial charge in [-0.05, 0) is 49.9 Å². The Morgan fingerprint density at radius 1 is 1.08 bits per heavy atom. The normalized spacial score (nSPS) is 53.5. The van der Waals surface area contributed by atoms with E-state index < -0.39 is 0 Å². The van der Waals surface area contributed by atoms with E-state index in [2.05, 4.69) is 5.16 Å². The molecule has 0 amide bonds. The van der Waals surface area contributed by atoms with E-state index in [1.165, 1.54) is 25.7 Å². The van der Waals surface area contributed by atoms with Gasteiger partial charge in [0.15, 0.2) is 0 Å². The maximum absolute atomic E-state index is 8.86. The van der Waals surface area contributed by atoms with Crippen LogP contribution in [0.4, 0.5) is 0 Å². The Morgan fingerprint density at radius 3 is 2.75 bits per heavy atom. The van der Waals surface area contributed by atoms with Gasteiger partial charge in [0, 0.05) is 5.92 Å². The lowest BCUT2D eigenvalue weighted by atomic mass is 9.71. The molecule has 4 atom stereocenters. The molecule has 3 saturated carbocycles. The van der Waals surface area contributed by atoms with E-state index in [0.717, 1.165) is 29.9 Å². The Labute approximate surface area is 72.6 Å². The van der Waals surface area contributed by atoms with Gasteiger partial charge in [-0.1, -0.05) is 5.16 Å². The summed E-state index contributed by atoms with van der Waals surface area (Å²) in [5.74, 6) is 3.38. The molecule has 3 bridgehead atoms. The van der Waals surface area contributed by atoms with Crippen LogP contribution in [0.5, 0.6) is 0 Å². The van der Waals surface area contributed by atoms with Gasteiger partial charge in [0.2, 0.25) is 0 Å². The fraction of sp³-hybridized carbons (Fsp3) is 0.900. The minimum absolute atomic E-state index is 0.666. The van der Waals surface area contributed by atoms with Gasteiger partial charge in [-0.15, -0.1) is 0 Å². The van der Waals surface area contributed by atoms with Crippen LogP contribution in [0.25, 0.3) is 0 Å². The van der Waals surface area contributed by atoms with Crippen LogP contribution in [0.15, 0.2) is 5.16 Å². The Bertz CT molecular complexity index is 234. The molecule has 0 unspecified atom stereocenters. The van der Waals surface area contributed by atoms with Crippen LogP contribution in [0.2, 0.25) is 0 Å². The van der Waals surface area contributed by atoms with Crippen LogP contribution in [-0.4, -0.2) is 10.9 Å². The highest BCUT2D eigenvalue weighted by molar-refractivity contribution is 5.88. The molecule has 0 heterocycles. The molecular formula is C10H15NO. The summed E-state index contributed by atoms with van der Waals surface area (Å²) in [6.45, 7) is 0. The van der Waals surface area contributed by atoms with Crippen LogP contribution < -0.4 is 0 Å². The molecule has 1 N–H and O–H groups in total. The van der Waals surface area contributed by atoms with Gasteiger partial charge in [0.05, 0.1) is 5.71 Å². The smallest absolute Gasteiger partial charge is 0.0607 e. The van der Waals surface area contributed by atoms with E-state index in [-0.39, 0.29) is 0 Å². The van der Waals surface area contributed by atoms with Crippen LogP contribution in [0, 0.1) is 23.7 Å². The summed E-state index contributed by atoms with van der Waals surface area (Å²) < 4.78 is 0. The molecule has 3 aliphatic carbocycles. The van der Waals surface area contributed by atoms with Crippen LogP contribution in [0.1, 0.15) is 32.1 Å². The largest absolute Gasteiger partial charge is 0.411 e. The zero-order valence-corrected chi connectivity index (χ0v) is 7.24. The summed E-state index contributed by atoms with van der Waals surface area (Å²) in [5.41, 5.74) is 1.12. The van der Waals surface area contributed by atoms with E-state index in [9.17, 15) is 0 Å². The topological polar surface area (TPSA) is 32.6 Å². The van der Waals surface area contributed by atoms with Crippen LogP contribution in [-0.2, 0) is 0 Å². The number of rotatable bonds is 0. The van der Waals surface area contributed by atoms with Gasteiger partial charge >= 0.3 is 0 Å². The van der Waals surface area contributed by atoms with Crippen LogP contribution in [0.3, 0.4) is 0 Å². The van der Waals surface area contributed by atoms with Crippen LogP contribution >= 0.6 is 0 Å². The lowest BCUT2D eigenvalue weighted by Crippen LogP contribution is -2.30. The summed E-state index contributed by atoms with van der Waals surface area (Å²) in [6, 6.07) is 0. The van der Waals surface area contributed by atoms with E-state index >= 15 is 0 Å². The number of hydrogen-bond acceptors (Lipinski definition) is 2. The average Bonchev–Trinajstić information content (AvgIpc) is 2.29. The van der Waals surface area contributed by atoms with Gasteiger partial charge in [-0.3, -0.25) is 0 Å². The monoisotopic (exact) mass is 165 g/mol. The predicted octanol–water partition coefficient (Wildman–Crippen LogP) is 2.27. The second-order valence-corrected chi connectivity index (χ2v) is 4.84. The molecule has 0 aliphatic heterocycles. The van der Waals surface area contributed by atoms with Crippen molar-refractivity contribution in [3.63, 3.8) is 0 Å². The van der Waals surface area contributed by atoms with Crippen molar-refractivity contribution in [3.8, 4) is 0 Å². The van der Waals surface area contributed by atoms with E-state index in [4.69, 9.17) is 5.21 Å². The molecule has 2 nitrogen and oxygen atoms in total. The SMILES string of the molecule is O/N=C1/C[C@@H]2C[C@H]3C[C@H](C2)[C@H]1C3. The number of oxime groups is 1. The summed E-state index contributed by atoms with van der Waals surface area (Å²) >= 11 is 0. The first-order valence-corrected chi connectivity index (χ1v) is 5.07. The first-order chi connectivity index (χ1) is 5.86. The molecule has 0 radical (unpaired) electrons. The minimum Gasteiger partial charge on any atom is -0.411 e. The van der Waals surface area contributed by atoms with Gasteiger partial charge in [-0.25, -0.2) is 0 Å². The Balaban J connectivity index is 1.98. The maximum atomic E-state index is 8.86. The van der Waals surface area contributed by atoms with Crippen molar-refractivity contribution in [1.29, 1.82) is 0 Å². The molecule has 3 fully saturated rings. The van der Waals surface area contributed by atoms with Crippen molar-refractivity contribution in [2.24, 2.45) is 28.8 Å². The lowest BCUT2D eigenvalue weighted by molar-refractivity contribution is 0.232. The summed E-state index contributed by atoms with van der Waals surface area (Å²) in [7, 11) is 0. The fourth-order valence-electron chi connectivity index (χ4n) is 3.83. The molecule has 0 aromatic rings. The van der Waals surface area contributed by atoms with Crippen molar-refractivity contribution in [1.82, 2.24) is 0 Å². The van der Waals surface area contributed by atoms with Crippen molar-refractivity contribution in [3.05, 3.63) is 0 Å². The van der Waals surface area contributed by atoms with Gasteiger partial charge in [0.1, 0.15) is 0 Å². The van der Waals surface area contributed by atoms with Crippen molar-refractivity contribution in [2.75, 3.05) is 0 Å². The van der Waals surface area contributed by atoms with Crippen molar-refractivity contribution in [2.45, 2.75) is 32.1 Å². The number of nitrogens with zero attached hydrogens (tertiary/aromatic N) is 1. The highest BCUT2D eigenvalue weighted by Gasteiger charge is 2.47. The second-order valence-electron chi connectivity index (χ2n) is 4.84. The van der Waals surface area contributed by atoms with Gasteiger partial charge in [0.25, 0.3) is 0 Å². The molecule has 2 heteroatoms. The third kappa shape index (κ3) is 0.782. The molecule has 0 aromatic carbocycles. The fourth-order valence-corrected chi connectivity index (χ4v) is 3.83. The number of fused-ring (bicyclic) bond motifs is 2. The van der Waals surface area contributed by atoms with Gasteiger partial charge < -0.3 is 5.21 Å². The second kappa shape index (κ2) is 2.24. The molecule has 0 spiro atoms. The van der Waals surface area contributed by atoms with Crippen molar-refractivity contribution < 1.29 is 5.21 Å². The maximum Gasteiger partial charge on any atom is 0.0607 e. The van der Waals surface area contributed by atoms with E-state index in [1.807, 2.05) is 0 Å². The molecular weight excluding hydrogens is 150 g/mol. The lowest BCUT2D eigenvalue weighted by Gasteiger charge is -2.34. The molecule has 0 aromatic heterocycles.